The van der Waals surface area contributed by atoms with Crippen LogP contribution in [0.4, 0.5) is 18.9 Å². The zero-order valence-corrected chi connectivity index (χ0v) is 15.5. The van der Waals surface area contributed by atoms with Crippen LogP contribution in [0.5, 0.6) is 0 Å². The normalized spacial score (nSPS) is 11.4. The third-order valence-electron chi connectivity index (χ3n) is 3.30. The van der Waals surface area contributed by atoms with Gasteiger partial charge in [0.15, 0.2) is 0 Å². The molecule has 0 aliphatic heterocycles. The lowest BCUT2D eigenvalue weighted by Crippen LogP contribution is -2.20. The number of carbonyl (C=O) groups is 2. The van der Waals surface area contributed by atoms with E-state index >= 15 is 0 Å². The Kier molecular flexibility index (Phi) is 7.12. The molecule has 27 heavy (non-hydrogen) atoms. The lowest BCUT2D eigenvalue weighted by molar-refractivity contribution is -0.137. The number of halogens is 4. The number of anilines is 1. The maximum atomic E-state index is 12.6. The fourth-order valence-electron chi connectivity index (χ4n) is 2.05. The molecule has 142 valence electrons. The molecule has 0 saturated heterocycles. The maximum absolute atomic E-state index is 12.6. The van der Waals surface area contributed by atoms with Crippen molar-refractivity contribution < 1.29 is 22.8 Å². The Bertz CT molecular complexity index is 854. The monoisotopic (exact) mass is 441 g/mol. The number of alkyl halides is 3. The average molecular weight is 442 g/mol. The highest BCUT2D eigenvalue weighted by atomic mass is 79.9. The molecule has 0 aromatic heterocycles. The Balaban J connectivity index is 1.79. The van der Waals surface area contributed by atoms with Gasteiger partial charge in [-0.25, -0.2) is 5.43 Å². The molecule has 2 amide bonds. The van der Waals surface area contributed by atoms with Crippen molar-refractivity contribution >= 4 is 39.6 Å². The first-order chi connectivity index (χ1) is 12.7. The van der Waals surface area contributed by atoms with Gasteiger partial charge in [-0.1, -0.05) is 34.1 Å². The molecule has 2 aromatic carbocycles. The summed E-state index contributed by atoms with van der Waals surface area (Å²) in [6, 6.07) is 11.5. The summed E-state index contributed by atoms with van der Waals surface area (Å²) in [6.45, 7) is 0. The smallest absolute Gasteiger partial charge is 0.326 e. The summed E-state index contributed by atoms with van der Waals surface area (Å²) in [6.07, 6.45) is -3.38. The van der Waals surface area contributed by atoms with Crippen molar-refractivity contribution in [2.24, 2.45) is 5.10 Å². The average Bonchev–Trinajstić information content (AvgIpc) is 2.59. The lowest BCUT2D eigenvalue weighted by Gasteiger charge is -2.09. The third-order valence-corrected chi connectivity index (χ3v) is 3.80. The van der Waals surface area contributed by atoms with Crippen molar-refractivity contribution in [3.05, 3.63) is 64.1 Å². The van der Waals surface area contributed by atoms with Gasteiger partial charge in [-0.05, 0) is 35.9 Å². The summed E-state index contributed by atoms with van der Waals surface area (Å²) in [5, 5.41) is 6.12. The molecular formula is C18H15BrF3N3O2. The van der Waals surface area contributed by atoms with Gasteiger partial charge in [-0.3, -0.25) is 9.59 Å². The SMILES string of the molecule is O=C(CCC(=O)Nc1cccc(C(F)(F)F)c1)NN=Cc1cccc(Br)c1. The van der Waals surface area contributed by atoms with Gasteiger partial charge in [-0.15, -0.1) is 0 Å². The molecule has 2 N–H and O–H groups in total. The minimum atomic E-state index is -4.49. The van der Waals surface area contributed by atoms with E-state index in [0.29, 0.717) is 0 Å². The molecule has 2 aromatic rings. The molecule has 0 radical (unpaired) electrons. The largest absolute Gasteiger partial charge is 0.416 e. The molecular weight excluding hydrogens is 427 g/mol. The molecule has 0 fully saturated rings. The molecule has 0 heterocycles. The van der Waals surface area contributed by atoms with E-state index in [1.54, 1.807) is 12.1 Å². The molecule has 0 aliphatic carbocycles. The van der Waals surface area contributed by atoms with Gasteiger partial charge in [-0.2, -0.15) is 18.3 Å². The fraction of sp³-hybridized carbons (Fsp3) is 0.167. The van der Waals surface area contributed by atoms with Crippen LogP contribution in [-0.2, 0) is 15.8 Å². The Hall–Kier alpha value is -2.68. The Morgan fingerprint density at radius 3 is 2.44 bits per heavy atom. The predicted molar refractivity (Wildman–Crippen MR) is 99.2 cm³/mol. The summed E-state index contributed by atoms with van der Waals surface area (Å²) in [4.78, 5) is 23.5. The van der Waals surface area contributed by atoms with Crippen molar-refractivity contribution in [1.29, 1.82) is 0 Å². The van der Waals surface area contributed by atoms with Gasteiger partial charge >= 0.3 is 6.18 Å². The van der Waals surface area contributed by atoms with Crippen molar-refractivity contribution in [3.63, 3.8) is 0 Å². The zero-order valence-electron chi connectivity index (χ0n) is 13.9. The van der Waals surface area contributed by atoms with Gasteiger partial charge < -0.3 is 5.32 Å². The first-order valence-corrected chi connectivity index (χ1v) is 8.58. The third kappa shape index (κ3) is 7.22. The van der Waals surface area contributed by atoms with Crippen LogP contribution >= 0.6 is 15.9 Å². The summed E-state index contributed by atoms with van der Waals surface area (Å²) < 4.78 is 38.8. The van der Waals surface area contributed by atoms with E-state index in [4.69, 9.17) is 0 Å². The standard InChI is InChI=1S/C18H15BrF3N3O2/c19-14-5-1-3-12(9-14)11-23-25-17(27)8-7-16(26)24-15-6-2-4-13(10-15)18(20,21)22/h1-6,9-11H,7-8H2,(H,24,26)(H,25,27). The molecule has 0 aliphatic rings. The van der Waals surface area contributed by atoms with Crippen molar-refractivity contribution in [3.8, 4) is 0 Å². The van der Waals surface area contributed by atoms with Crippen LogP contribution in [0, 0.1) is 0 Å². The Labute approximate surface area is 161 Å². The van der Waals surface area contributed by atoms with Crippen LogP contribution in [-0.4, -0.2) is 18.0 Å². The number of rotatable bonds is 6. The maximum Gasteiger partial charge on any atom is 0.416 e. The number of hydrogen-bond donors (Lipinski definition) is 2. The van der Waals surface area contributed by atoms with E-state index in [9.17, 15) is 22.8 Å². The second kappa shape index (κ2) is 9.31. The molecule has 0 saturated carbocycles. The second-order valence-corrected chi connectivity index (χ2v) is 6.39. The molecule has 0 spiro atoms. The summed E-state index contributed by atoms with van der Waals surface area (Å²) in [5.74, 6) is -1.05. The first kappa shape index (κ1) is 20.6. The lowest BCUT2D eigenvalue weighted by atomic mass is 10.2. The minimum absolute atomic E-state index is 0.0166. The van der Waals surface area contributed by atoms with Crippen molar-refractivity contribution in [2.75, 3.05) is 5.32 Å². The molecule has 9 heteroatoms. The first-order valence-electron chi connectivity index (χ1n) is 7.78. The number of amides is 2. The van der Waals surface area contributed by atoms with Crippen LogP contribution in [0.15, 0.2) is 58.1 Å². The van der Waals surface area contributed by atoms with Crippen molar-refractivity contribution in [1.82, 2.24) is 5.43 Å². The summed E-state index contributed by atoms with van der Waals surface area (Å²) >= 11 is 3.31. The van der Waals surface area contributed by atoms with Gasteiger partial charge in [0.1, 0.15) is 0 Å². The predicted octanol–water partition coefficient (Wildman–Crippen LogP) is 4.34. The van der Waals surface area contributed by atoms with Crippen LogP contribution in [0.25, 0.3) is 0 Å². The van der Waals surface area contributed by atoms with E-state index in [0.717, 1.165) is 22.2 Å². The Morgan fingerprint density at radius 2 is 1.74 bits per heavy atom. The number of carbonyl (C=O) groups excluding carboxylic acids is 2. The van der Waals surface area contributed by atoms with Crippen LogP contribution in [0.2, 0.25) is 0 Å². The number of hydrogen-bond acceptors (Lipinski definition) is 3. The number of nitrogens with zero attached hydrogens (tertiary/aromatic N) is 1. The zero-order chi connectivity index (χ0) is 19.9. The topological polar surface area (TPSA) is 70.6 Å². The van der Waals surface area contributed by atoms with E-state index < -0.39 is 23.6 Å². The van der Waals surface area contributed by atoms with Crippen LogP contribution in [0.1, 0.15) is 24.0 Å². The minimum Gasteiger partial charge on any atom is -0.326 e. The van der Waals surface area contributed by atoms with Gasteiger partial charge in [0.05, 0.1) is 11.8 Å². The van der Waals surface area contributed by atoms with Crippen LogP contribution < -0.4 is 10.7 Å². The fourth-order valence-corrected chi connectivity index (χ4v) is 2.46. The van der Waals surface area contributed by atoms with E-state index in [1.165, 1.54) is 18.3 Å². The molecule has 0 bridgehead atoms. The number of hydrazone groups is 1. The molecule has 5 nitrogen and oxygen atoms in total. The number of nitrogens with one attached hydrogen (secondary N) is 2. The van der Waals surface area contributed by atoms with E-state index in [-0.39, 0.29) is 18.5 Å². The highest BCUT2D eigenvalue weighted by Crippen LogP contribution is 2.30. The van der Waals surface area contributed by atoms with Crippen molar-refractivity contribution in [2.45, 2.75) is 19.0 Å². The van der Waals surface area contributed by atoms with Gasteiger partial charge in [0, 0.05) is 23.0 Å². The van der Waals surface area contributed by atoms with Crippen LogP contribution in [0.3, 0.4) is 0 Å². The quantitative estimate of drug-likeness (QED) is 0.517. The van der Waals surface area contributed by atoms with Gasteiger partial charge in [0.25, 0.3) is 0 Å². The second-order valence-electron chi connectivity index (χ2n) is 5.47. The highest BCUT2D eigenvalue weighted by Gasteiger charge is 2.30. The summed E-state index contributed by atoms with van der Waals surface area (Å²) in [5.41, 5.74) is 2.21. The van der Waals surface area contributed by atoms with E-state index in [1.807, 2.05) is 12.1 Å². The molecule has 0 atom stereocenters. The van der Waals surface area contributed by atoms with E-state index in [2.05, 4.69) is 31.8 Å². The Morgan fingerprint density at radius 1 is 1.04 bits per heavy atom. The molecule has 0 unspecified atom stereocenters. The number of benzene rings is 2. The highest BCUT2D eigenvalue weighted by molar-refractivity contribution is 9.10. The molecule has 2 rings (SSSR count). The van der Waals surface area contributed by atoms with Gasteiger partial charge in [0.2, 0.25) is 11.8 Å². The summed E-state index contributed by atoms with van der Waals surface area (Å²) in [7, 11) is 0.